The van der Waals surface area contributed by atoms with Gasteiger partial charge >= 0.3 is 5.97 Å². The van der Waals surface area contributed by atoms with Crippen molar-refractivity contribution in [1.29, 1.82) is 0 Å². The molecular weight excluding hydrogens is 380 g/mol. The number of nitrogens with zero attached hydrogens (tertiary/aromatic N) is 1. The zero-order valence-corrected chi connectivity index (χ0v) is 16.5. The fraction of sp³-hybridized carbons (Fsp3) is 0.286. The van der Waals surface area contributed by atoms with Gasteiger partial charge in [0.2, 0.25) is 5.91 Å². The summed E-state index contributed by atoms with van der Waals surface area (Å²) < 4.78 is 5.14. The Morgan fingerprint density at radius 3 is 2.50 bits per heavy atom. The number of carbonyl (C=O) groups is 3. The van der Waals surface area contributed by atoms with E-state index in [2.05, 4.69) is 5.32 Å². The van der Waals surface area contributed by atoms with Crippen molar-refractivity contribution in [3.63, 3.8) is 0 Å². The monoisotopic (exact) mass is 400 g/mol. The number of halogens is 1. The van der Waals surface area contributed by atoms with E-state index in [1.54, 1.807) is 24.3 Å². The molecule has 1 aliphatic heterocycles. The number of anilines is 2. The van der Waals surface area contributed by atoms with E-state index in [-0.39, 0.29) is 18.9 Å². The SMILES string of the molecule is Cc1cccc(C)c1NC(=O)COC(=O)[C@H]1CC(=O)N(c2ccccc2Cl)C1. The number of nitrogens with one attached hydrogen (secondary N) is 1. The van der Waals surface area contributed by atoms with Gasteiger partial charge in [-0.3, -0.25) is 14.4 Å². The fourth-order valence-electron chi connectivity index (χ4n) is 3.21. The second-order valence-corrected chi connectivity index (χ2v) is 7.19. The third kappa shape index (κ3) is 4.34. The molecule has 146 valence electrons. The lowest BCUT2D eigenvalue weighted by molar-refractivity contribution is -0.151. The number of hydrogen-bond acceptors (Lipinski definition) is 4. The summed E-state index contributed by atoms with van der Waals surface area (Å²) in [7, 11) is 0. The molecule has 28 heavy (non-hydrogen) atoms. The van der Waals surface area contributed by atoms with Gasteiger partial charge in [0, 0.05) is 18.7 Å². The Kier molecular flexibility index (Phi) is 5.99. The van der Waals surface area contributed by atoms with Crippen LogP contribution in [0.25, 0.3) is 0 Å². The Balaban J connectivity index is 1.56. The van der Waals surface area contributed by atoms with Crippen LogP contribution in [0.4, 0.5) is 11.4 Å². The molecule has 2 amide bonds. The molecule has 0 bridgehead atoms. The number of ether oxygens (including phenoxy) is 1. The number of rotatable bonds is 5. The summed E-state index contributed by atoms with van der Waals surface area (Å²) in [5.41, 5.74) is 3.13. The summed E-state index contributed by atoms with van der Waals surface area (Å²) in [6, 6.07) is 12.6. The molecule has 0 radical (unpaired) electrons. The minimum atomic E-state index is -0.628. The molecule has 0 unspecified atom stereocenters. The molecule has 1 atom stereocenters. The molecule has 7 heteroatoms. The highest BCUT2D eigenvalue weighted by atomic mass is 35.5. The van der Waals surface area contributed by atoms with Gasteiger partial charge in [-0.1, -0.05) is 41.9 Å². The number of benzene rings is 2. The molecule has 2 aromatic rings. The zero-order chi connectivity index (χ0) is 20.3. The zero-order valence-electron chi connectivity index (χ0n) is 15.7. The first-order valence-electron chi connectivity index (χ1n) is 8.94. The van der Waals surface area contributed by atoms with Crippen LogP contribution in [-0.4, -0.2) is 30.9 Å². The maximum Gasteiger partial charge on any atom is 0.311 e. The van der Waals surface area contributed by atoms with Crippen LogP contribution in [0, 0.1) is 19.8 Å². The van der Waals surface area contributed by atoms with Crippen LogP contribution in [0.1, 0.15) is 17.5 Å². The van der Waals surface area contributed by atoms with Crippen LogP contribution < -0.4 is 10.2 Å². The molecule has 6 nitrogen and oxygen atoms in total. The van der Waals surface area contributed by atoms with Crippen molar-refractivity contribution in [3.05, 3.63) is 58.6 Å². The van der Waals surface area contributed by atoms with E-state index < -0.39 is 24.4 Å². The average Bonchev–Trinajstić information content (AvgIpc) is 3.05. The van der Waals surface area contributed by atoms with Crippen molar-refractivity contribution in [3.8, 4) is 0 Å². The number of esters is 1. The Labute approximate surface area is 168 Å². The second-order valence-electron chi connectivity index (χ2n) is 6.78. The summed E-state index contributed by atoms with van der Waals surface area (Å²) >= 11 is 6.14. The summed E-state index contributed by atoms with van der Waals surface area (Å²) in [5, 5.41) is 3.21. The molecule has 1 fully saturated rings. The van der Waals surface area contributed by atoms with E-state index in [0.717, 1.165) is 11.1 Å². The van der Waals surface area contributed by atoms with E-state index >= 15 is 0 Å². The Bertz CT molecular complexity index is 908. The van der Waals surface area contributed by atoms with E-state index in [0.29, 0.717) is 16.4 Å². The molecular formula is C21H21ClN2O4. The summed E-state index contributed by atoms with van der Waals surface area (Å²) in [6.45, 7) is 3.56. The van der Waals surface area contributed by atoms with Gasteiger partial charge in [0.05, 0.1) is 16.6 Å². The third-order valence-corrected chi connectivity index (χ3v) is 5.01. The van der Waals surface area contributed by atoms with Crippen LogP contribution in [-0.2, 0) is 19.1 Å². The fourth-order valence-corrected chi connectivity index (χ4v) is 3.45. The van der Waals surface area contributed by atoms with E-state index in [4.69, 9.17) is 16.3 Å². The van der Waals surface area contributed by atoms with Crippen molar-refractivity contribution < 1.29 is 19.1 Å². The van der Waals surface area contributed by atoms with E-state index in [1.165, 1.54) is 4.90 Å². The van der Waals surface area contributed by atoms with Gasteiger partial charge in [-0.25, -0.2) is 0 Å². The number of para-hydroxylation sites is 2. The molecule has 2 aromatic carbocycles. The van der Waals surface area contributed by atoms with Crippen molar-refractivity contribution in [2.24, 2.45) is 5.92 Å². The highest BCUT2D eigenvalue weighted by molar-refractivity contribution is 6.33. The van der Waals surface area contributed by atoms with Gasteiger partial charge in [0.25, 0.3) is 5.91 Å². The van der Waals surface area contributed by atoms with Gasteiger partial charge in [0.1, 0.15) is 0 Å². The molecule has 1 saturated heterocycles. The van der Waals surface area contributed by atoms with Crippen LogP contribution in [0.3, 0.4) is 0 Å². The second kappa shape index (κ2) is 8.44. The summed E-state index contributed by atoms with van der Waals surface area (Å²) in [4.78, 5) is 38.2. The van der Waals surface area contributed by atoms with Crippen LogP contribution in [0.2, 0.25) is 5.02 Å². The molecule has 0 saturated carbocycles. The lowest BCUT2D eigenvalue weighted by atomic mass is 10.1. The smallest absolute Gasteiger partial charge is 0.311 e. The molecule has 3 rings (SSSR count). The number of amides is 2. The highest BCUT2D eigenvalue weighted by Gasteiger charge is 2.37. The molecule has 1 N–H and O–H groups in total. The van der Waals surface area contributed by atoms with Crippen LogP contribution in [0.15, 0.2) is 42.5 Å². The number of hydrogen-bond donors (Lipinski definition) is 1. The minimum Gasteiger partial charge on any atom is -0.455 e. The Morgan fingerprint density at radius 1 is 1.14 bits per heavy atom. The number of aryl methyl sites for hydroxylation is 2. The summed E-state index contributed by atoms with van der Waals surface area (Å²) in [6.07, 6.45) is 0.0303. The third-order valence-electron chi connectivity index (χ3n) is 4.69. The van der Waals surface area contributed by atoms with Crippen LogP contribution >= 0.6 is 11.6 Å². The van der Waals surface area contributed by atoms with Crippen molar-refractivity contribution in [2.75, 3.05) is 23.4 Å². The minimum absolute atomic E-state index is 0.0303. The summed E-state index contributed by atoms with van der Waals surface area (Å²) in [5.74, 6) is -1.82. The van der Waals surface area contributed by atoms with Crippen LogP contribution in [0.5, 0.6) is 0 Å². The van der Waals surface area contributed by atoms with E-state index in [9.17, 15) is 14.4 Å². The molecule has 0 aromatic heterocycles. The van der Waals surface area contributed by atoms with Crippen molar-refractivity contribution in [2.45, 2.75) is 20.3 Å². The maximum atomic E-state index is 12.3. The Morgan fingerprint density at radius 2 is 1.82 bits per heavy atom. The van der Waals surface area contributed by atoms with E-state index in [1.807, 2.05) is 32.0 Å². The Hall–Kier alpha value is -2.86. The van der Waals surface area contributed by atoms with Gasteiger partial charge < -0.3 is 15.0 Å². The van der Waals surface area contributed by atoms with Gasteiger partial charge in [-0.2, -0.15) is 0 Å². The number of carbonyl (C=O) groups excluding carboxylic acids is 3. The average molecular weight is 401 g/mol. The molecule has 1 aliphatic rings. The highest BCUT2D eigenvalue weighted by Crippen LogP contribution is 2.31. The van der Waals surface area contributed by atoms with Crippen molar-refractivity contribution >= 4 is 40.8 Å². The van der Waals surface area contributed by atoms with Crippen molar-refractivity contribution in [1.82, 2.24) is 0 Å². The lowest BCUT2D eigenvalue weighted by Crippen LogP contribution is -2.28. The normalized spacial score (nSPS) is 16.2. The van der Waals surface area contributed by atoms with Gasteiger partial charge in [0.15, 0.2) is 6.61 Å². The molecule has 1 heterocycles. The quantitative estimate of drug-likeness (QED) is 0.779. The first-order valence-corrected chi connectivity index (χ1v) is 9.32. The lowest BCUT2D eigenvalue weighted by Gasteiger charge is -2.17. The van der Waals surface area contributed by atoms with Gasteiger partial charge in [-0.15, -0.1) is 0 Å². The predicted molar refractivity (Wildman–Crippen MR) is 107 cm³/mol. The first-order chi connectivity index (χ1) is 13.4. The largest absolute Gasteiger partial charge is 0.455 e. The molecule has 0 aliphatic carbocycles. The first kappa shape index (κ1) is 19.9. The topological polar surface area (TPSA) is 75.7 Å². The predicted octanol–water partition coefficient (Wildman–Crippen LogP) is 3.49. The molecule has 0 spiro atoms. The van der Waals surface area contributed by atoms with Gasteiger partial charge in [-0.05, 0) is 37.1 Å². The maximum absolute atomic E-state index is 12.3. The standard InChI is InChI=1S/C21H21ClN2O4/c1-13-6-5-7-14(2)20(13)23-18(25)12-28-21(27)15-10-19(26)24(11-15)17-9-4-3-8-16(17)22/h3-9,15H,10-12H2,1-2H3,(H,23,25)/t15-/m0/s1.